The molecule has 0 radical (unpaired) electrons. The smallest absolute Gasteiger partial charge is 0.315 e. The highest BCUT2D eigenvalue weighted by atomic mass is 32.2. The number of benzene rings is 1. The molecule has 0 saturated heterocycles. The van der Waals surface area contributed by atoms with Crippen molar-refractivity contribution in [2.24, 2.45) is 0 Å². The van der Waals surface area contributed by atoms with E-state index in [4.69, 9.17) is 0 Å². The predicted molar refractivity (Wildman–Crippen MR) is 80.7 cm³/mol. The molecule has 0 bridgehead atoms. The first-order chi connectivity index (χ1) is 9.88. The predicted octanol–water partition coefficient (Wildman–Crippen LogP) is 1.04. The van der Waals surface area contributed by atoms with E-state index in [0.29, 0.717) is 5.56 Å². The summed E-state index contributed by atoms with van der Waals surface area (Å²) in [5.41, 5.74) is 1.59. The van der Waals surface area contributed by atoms with Crippen molar-refractivity contribution in [3.8, 4) is 0 Å². The topological polar surface area (TPSA) is 87.3 Å². The Morgan fingerprint density at radius 2 is 1.95 bits per heavy atom. The lowest BCUT2D eigenvalue weighted by Gasteiger charge is -2.11. The minimum Gasteiger partial charge on any atom is -0.337 e. The Balaban J connectivity index is 1.83. The fraction of sp³-hybridized carbons (Fsp3) is 0.500. The third kappa shape index (κ3) is 4.71. The van der Waals surface area contributed by atoms with E-state index in [1.165, 1.54) is 0 Å². The first-order valence-electron chi connectivity index (χ1n) is 7.00. The average Bonchev–Trinajstić information content (AvgIpc) is 3.21. The molecule has 0 unspecified atom stereocenters. The zero-order valence-electron chi connectivity index (χ0n) is 12.3. The molecule has 116 valence electrons. The van der Waals surface area contributed by atoms with Crippen LogP contribution in [-0.4, -0.2) is 33.6 Å². The molecular formula is C14H21N3O3S. The number of carbonyl (C=O) groups excluding carboxylic acids is 1. The number of sulfonamides is 1. The minimum atomic E-state index is -3.54. The van der Waals surface area contributed by atoms with Crippen LogP contribution in [0.1, 0.15) is 24.0 Å². The first kappa shape index (κ1) is 15.8. The van der Waals surface area contributed by atoms with Gasteiger partial charge >= 0.3 is 6.03 Å². The van der Waals surface area contributed by atoms with E-state index in [9.17, 15) is 13.2 Å². The summed E-state index contributed by atoms with van der Waals surface area (Å²) in [5.74, 6) is 0. The molecule has 2 amide bonds. The van der Waals surface area contributed by atoms with Gasteiger partial charge in [-0.1, -0.05) is 12.1 Å². The van der Waals surface area contributed by atoms with Crippen LogP contribution in [0.15, 0.2) is 23.1 Å². The van der Waals surface area contributed by atoms with E-state index in [0.717, 1.165) is 18.4 Å². The van der Waals surface area contributed by atoms with Gasteiger partial charge in [0.05, 0.1) is 4.90 Å². The maximum absolute atomic E-state index is 12.2. The Hall–Kier alpha value is -1.60. The van der Waals surface area contributed by atoms with Gasteiger partial charge in [-0.15, -0.1) is 0 Å². The van der Waals surface area contributed by atoms with Gasteiger partial charge in [0.25, 0.3) is 0 Å². The Morgan fingerprint density at radius 3 is 2.62 bits per heavy atom. The van der Waals surface area contributed by atoms with Gasteiger partial charge in [-0.2, -0.15) is 0 Å². The Morgan fingerprint density at radius 1 is 1.24 bits per heavy atom. The Labute approximate surface area is 125 Å². The Bertz CT molecular complexity index is 624. The van der Waals surface area contributed by atoms with Crippen LogP contribution in [0.3, 0.4) is 0 Å². The number of amides is 2. The lowest BCUT2D eigenvalue weighted by atomic mass is 10.2. The molecule has 6 nitrogen and oxygen atoms in total. The van der Waals surface area contributed by atoms with Crippen molar-refractivity contribution in [3.05, 3.63) is 29.3 Å². The molecule has 1 aromatic rings. The fourth-order valence-corrected chi connectivity index (χ4v) is 3.26. The number of carbonyl (C=O) groups is 1. The van der Waals surface area contributed by atoms with Crippen molar-refractivity contribution in [3.63, 3.8) is 0 Å². The van der Waals surface area contributed by atoms with Gasteiger partial charge in [0.1, 0.15) is 0 Å². The first-order valence-corrected chi connectivity index (χ1v) is 8.48. The maximum atomic E-state index is 12.2. The average molecular weight is 311 g/mol. The van der Waals surface area contributed by atoms with E-state index in [-0.39, 0.29) is 30.1 Å². The molecule has 21 heavy (non-hydrogen) atoms. The highest BCUT2D eigenvalue weighted by Gasteiger charge is 2.23. The van der Waals surface area contributed by atoms with Crippen molar-refractivity contribution in [2.45, 2.75) is 37.6 Å². The maximum Gasteiger partial charge on any atom is 0.315 e. The van der Waals surface area contributed by atoms with Crippen molar-refractivity contribution < 1.29 is 13.2 Å². The highest BCUT2D eigenvalue weighted by molar-refractivity contribution is 7.89. The van der Waals surface area contributed by atoms with E-state index in [1.54, 1.807) is 19.1 Å². The molecule has 0 spiro atoms. The Kier molecular flexibility index (Phi) is 4.84. The van der Waals surface area contributed by atoms with Crippen LogP contribution in [-0.2, 0) is 10.0 Å². The number of aryl methyl sites for hydroxylation is 2. The molecule has 1 fully saturated rings. The van der Waals surface area contributed by atoms with Crippen LogP contribution in [0.2, 0.25) is 0 Å². The summed E-state index contributed by atoms with van der Waals surface area (Å²) in [7, 11) is -3.54. The quantitative estimate of drug-likeness (QED) is 0.686. The number of hydrogen-bond donors (Lipinski definition) is 3. The zero-order chi connectivity index (χ0) is 15.5. The number of urea groups is 1. The van der Waals surface area contributed by atoms with Crippen LogP contribution in [0.25, 0.3) is 0 Å². The van der Waals surface area contributed by atoms with E-state index in [1.807, 2.05) is 13.0 Å². The molecule has 1 saturated carbocycles. The number of hydrogen-bond acceptors (Lipinski definition) is 3. The summed E-state index contributed by atoms with van der Waals surface area (Å²) in [6, 6.07) is 5.34. The second-order valence-corrected chi connectivity index (χ2v) is 7.08. The normalized spacial score (nSPS) is 14.8. The van der Waals surface area contributed by atoms with Crippen LogP contribution in [0, 0.1) is 13.8 Å². The highest BCUT2D eigenvalue weighted by Crippen LogP contribution is 2.18. The summed E-state index contributed by atoms with van der Waals surface area (Å²) >= 11 is 0. The largest absolute Gasteiger partial charge is 0.337 e. The summed E-state index contributed by atoms with van der Waals surface area (Å²) in [6.45, 7) is 4.02. The fourth-order valence-electron chi connectivity index (χ4n) is 1.90. The molecule has 7 heteroatoms. The molecular weight excluding hydrogens is 290 g/mol. The molecule has 3 N–H and O–H groups in total. The lowest BCUT2D eigenvalue weighted by Crippen LogP contribution is -2.41. The van der Waals surface area contributed by atoms with Crippen LogP contribution >= 0.6 is 0 Å². The third-order valence-corrected chi connectivity index (χ3v) is 4.85. The number of nitrogens with one attached hydrogen (secondary N) is 3. The van der Waals surface area contributed by atoms with Gasteiger partial charge in [-0.05, 0) is 43.9 Å². The molecule has 2 rings (SSSR count). The molecule has 0 aliphatic heterocycles. The lowest BCUT2D eigenvalue weighted by molar-refractivity contribution is 0.240. The molecule has 1 aliphatic carbocycles. The molecule has 1 aliphatic rings. The molecule has 1 aromatic carbocycles. The van der Waals surface area contributed by atoms with E-state index in [2.05, 4.69) is 15.4 Å². The van der Waals surface area contributed by atoms with Crippen LogP contribution in [0.4, 0.5) is 4.79 Å². The second kappa shape index (κ2) is 6.44. The van der Waals surface area contributed by atoms with Crippen molar-refractivity contribution in [2.75, 3.05) is 13.1 Å². The molecule has 0 heterocycles. The van der Waals surface area contributed by atoms with E-state index < -0.39 is 10.0 Å². The van der Waals surface area contributed by atoms with Crippen LogP contribution < -0.4 is 15.4 Å². The standard InChI is InChI=1S/C14H21N3O3S/c1-10-3-4-11(2)13(9-10)21(19,20)16-8-7-15-14(18)17-12-5-6-12/h3-4,9,12,16H,5-8H2,1-2H3,(H2,15,17,18). The van der Waals surface area contributed by atoms with Crippen molar-refractivity contribution >= 4 is 16.1 Å². The zero-order valence-corrected chi connectivity index (χ0v) is 13.1. The van der Waals surface area contributed by atoms with Crippen LogP contribution in [0.5, 0.6) is 0 Å². The van der Waals surface area contributed by atoms with Gasteiger partial charge in [0.15, 0.2) is 0 Å². The van der Waals surface area contributed by atoms with Gasteiger partial charge in [-0.3, -0.25) is 0 Å². The van der Waals surface area contributed by atoms with Gasteiger partial charge < -0.3 is 10.6 Å². The summed E-state index contributed by atoms with van der Waals surface area (Å²) in [5, 5.41) is 5.40. The SMILES string of the molecule is Cc1ccc(C)c(S(=O)(=O)NCCNC(=O)NC2CC2)c1. The third-order valence-electron chi connectivity index (χ3n) is 3.25. The van der Waals surface area contributed by atoms with Gasteiger partial charge in [-0.25, -0.2) is 17.9 Å². The monoisotopic (exact) mass is 311 g/mol. The molecule has 0 atom stereocenters. The summed E-state index contributed by atoms with van der Waals surface area (Å²) in [4.78, 5) is 11.7. The second-order valence-electron chi connectivity index (χ2n) is 5.34. The minimum absolute atomic E-state index is 0.161. The van der Waals surface area contributed by atoms with E-state index >= 15 is 0 Å². The molecule has 0 aromatic heterocycles. The van der Waals surface area contributed by atoms with Crippen molar-refractivity contribution in [1.82, 2.24) is 15.4 Å². The van der Waals surface area contributed by atoms with Gasteiger partial charge in [0.2, 0.25) is 10.0 Å². The number of rotatable bonds is 6. The summed E-state index contributed by atoms with van der Waals surface area (Å²) in [6.07, 6.45) is 2.04. The van der Waals surface area contributed by atoms with Crippen molar-refractivity contribution in [1.29, 1.82) is 0 Å². The summed E-state index contributed by atoms with van der Waals surface area (Å²) < 4.78 is 26.9. The van der Waals surface area contributed by atoms with Gasteiger partial charge in [0, 0.05) is 19.1 Å².